The van der Waals surface area contributed by atoms with Gasteiger partial charge in [-0.2, -0.15) is 0 Å². The van der Waals surface area contributed by atoms with Gasteiger partial charge in [-0.3, -0.25) is 9.38 Å². The van der Waals surface area contributed by atoms with E-state index in [0.717, 1.165) is 44.1 Å². The largest absolute Gasteiger partial charge is 0.292 e. The lowest BCUT2D eigenvalue weighted by molar-refractivity contribution is 1.31. The topological polar surface area (TPSA) is 30.2 Å². The van der Waals surface area contributed by atoms with Crippen molar-refractivity contribution in [3.05, 3.63) is 207 Å². The van der Waals surface area contributed by atoms with Crippen molar-refractivity contribution in [3.63, 3.8) is 0 Å². The first kappa shape index (κ1) is 34.1. The van der Waals surface area contributed by atoms with Gasteiger partial charge in [-0.25, -0.2) is 4.98 Å². The summed E-state index contributed by atoms with van der Waals surface area (Å²) < 4.78 is 2.36. The molecule has 9 aromatic carbocycles. The number of nitrogens with zero attached hydrogens (tertiary/aromatic N) is 3. The summed E-state index contributed by atoms with van der Waals surface area (Å²) >= 11 is 6.69. The van der Waals surface area contributed by atoms with Crippen molar-refractivity contribution in [2.45, 2.75) is 0 Å². The molecule has 0 amide bonds. The smallest absolute Gasteiger partial charge is 0.146 e. The Bertz CT molecular complexity index is 3660. The number of hydrogen-bond acceptors (Lipinski definition) is 3. The van der Waals surface area contributed by atoms with Crippen molar-refractivity contribution in [3.8, 4) is 22.3 Å². The van der Waals surface area contributed by atoms with Gasteiger partial charge in [-0.1, -0.05) is 163 Å². The third-order valence-electron chi connectivity index (χ3n) is 12.1. The average molecular weight is 788 g/mol. The van der Waals surface area contributed by atoms with Crippen molar-refractivity contribution in [2.24, 2.45) is 0 Å². The molecule has 5 heteroatoms. The summed E-state index contributed by atoms with van der Waals surface area (Å²) in [5, 5.41) is 14.3. The maximum atomic E-state index is 6.69. The Morgan fingerprint density at radius 3 is 1.86 bits per heavy atom. The second-order valence-corrected chi connectivity index (χ2v) is 19.8. The fourth-order valence-electron chi connectivity index (χ4n) is 9.20. The zero-order valence-corrected chi connectivity index (χ0v) is 33.5. The number of fused-ring (bicyclic) bond motifs is 12. The zero-order chi connectivity index (χ0) is 39.1. The van der Waals surface area contributed by atoms with E-state index in [9.17, 15) is 0 Å². The fraction of sp³-hybridized carbons (Fsp3) is 0. The number of rotatable bonds is 5. The molecule has 0 aliphatic heterocycles. The van der Waals surface area contributed by atoms with E-state index in [0.29, 0.717) is 0 Å². The highest BCUT2D eigenvalue weighted by Crippen LogP contribution is 2.44. The highest BCUT2D eigenvalue weighted by Gasteiger charge is 2.25. The van der Waals surface area contributed by atoms with Crippen LogP contribution in [0, 0.1) is 0 Å². The number of imidazole rings is 1. The predicted octanol–water partition coefficient (Wildman–Crippen LogP) is 12.7. The molecule has 0 saturated heterocycles. The van der Waals surface area contributed by atoms with Gasteiger partial charge in [0.15, 0.2) is 0 Å². The van der Waals surface area contributed by atoms with E-state index in [-0.39, 0.29) is 0 Å². The Balaban J connectivity index is 1.05. The van der Waals surface area contributed by atoms with Gasteiger partial charge in [0.1, 0.15) is 5.65 Å². The minimum Gasteiger partial charge on any atom is -0.292 e. The molecule has 0 unspecified atom stereocenters. The van der Waals surface area contributed by atoms with Crippen LogP contribution in [0.3, 0.4) is 0 Å². The highest BCUT2D eigenvalue weighted by atomic mass is 32.4. The van der Waals surface area contributed by atoms with Crippen molar-refractivity contribution >= 4 is 104 Å². The highest BCUT2D eigenvalue weighted by molar-refractivity contribution is 8.25. The molecule has 0 aliphatic carbocycles. The van der Waals surface area contributed by atoms with Crippen LogP contribution < -0.4 is 15.9 Å². The van der Waals surface area contributed by atoms with Crippen molar-refractivity contribution < 1.29 is 0 Å². The van der Waals surface area contributed by atoms with Crippen LogP contribution in [-0.2, 0) is 11.8 Å². The molecule has 0 bridgehead atoms. The van der Waals surface area contributed by atoms with Crippen molar-refractivity contribution in [1.82, 2.24) is 14.4 Å². The molecule has 59 heavy (non-hydrogen) atoms. The summed E-state index contributed by atoms with van der Waals surface area (Å²) in [6.07, 6.45) is 3.91. The average Bonchev–Trinajstić information content (AvgIpc) is 3.70. The minimum atomic E-state index is -2.26. The van der Waals surface area contributed by atoms with Crippen LogP contribution in [0.2, 0.25) is 0 Å². The number of aromatic nitrogens is 3. The van der Waals surface area contributed by atoms with E-state index >= 15 is 0 Å². The normalized spacial score (nSPS) is 12.1. The Morgan fingerprint density at radius 1 is 0.407 bits per heavy atom. The van der Waals surface area contributed by atoms with Gasteiger partial charge in [0.05, 0.1) is 16.6 Å². The maximum Gasteiger partial charge on any atom is 0.146 e. The molecule has 0 aliphatic rings. The summed E-state index contributed by atoms with van der Waals surface area (Å²) in [5.41, 5.74) is 8.70. The Hall–Kier alpha value is -6.97. The van der Waals surface area contributed by atoms with Crippen LogP contribution in [0.1, 0.15) is 0 Å². The lowest BCUT2D eigenvalue weighted by Gasteiger charge is -2.24. The third-order valence-corrected chi connectivity index (χ3v) is 17.0. The predicted molar refractivity (Wildman–Crippen MR) is 255 cm³/mol. The summed E-state index contributed by atoms with van der Waals surface area (Å²) in [5.74, 6) is 0. The van der Waals surface area contributed by atoms with E-state index in [2.05, 4.69) is 204 Å². The summed E-state index contributed by atoms with van der Waals surface area (Å²) in [7, 11) is 0. The van der Waals surface area contributed by atoms with Gasteiger partial charge in [-0.05, 0) is 102 Å². The number of benzene rings is 9. The van der Waals surface area contributed by atoms with E-state index in [1.54, 1.807) is 0 Å². The molecular formula is C54H34N3PS. The first-order valence-electron chi connectivity index (χ1n) is 19.9. The Kier molecular flexibility index (Phi) is 7.68. The lowest BCUT2D eigenvalue weighted by Crippen LogP contribution is -2.24. The van der Waals surface area contributed by atoms with E-state index < -0.39 is 6.04 Å². The van der Waals surface area contributed by atoms with Crippen LogP contribution in [0.4, 0.5) is 0 Å². The molecule has 3 heterocycles. The summed E-state index contributed by atoms with van der Waals surface area (Å²) in [6.45, 7) is 0. The third kappa shape index (κ3) is 5.31. The van der Waals surface area contributed by atoms with E-state index in [1.807, 2.05) is 12.4 Å². The van der Waals surface area contributed by atoms with E-state index in [4.69, 9.17) is 16.8 Å². The van der Waals surface area contributed by atoms with Gasteiger partial charge in [-0.15, -0.1) is 0 Å². The quantitative estimate of drug-likeness (QED) is 0.129. The molecule has 0 saturated carbocycles. The van der Waals surface area contributed by atoms with Gasteiger partial charge in [0, 0.05) is 45.5 Å². The molecule has 0 radical (unpaired) electrons. The minimum absolute atomic E-state index is 0.961. The Labute approximate surface area is 345 Å². The molecule has 0 N–H and O–H groups in total. The molecule has 12 aromatic rings. The molecular weight excluding hydrogens is 754 g/mol. The lowest BCUT2D eigenvalue weighted by atomic mass is 9.95. The van der Waals surface area contributed by atoms with Crippen LogP contribution >= 0.6 is 6.04 Å². The second kappa shape index (κ2) is 13.3. The summed E-state index contributed by atoms with van der Waals surface area (Å²) in [6, 6.07) is 67.9. The van der Waals surface area contributed by atoms with Crippen LogP contribution in [-0.4, -0.2) is 14.4 Å². The SMILES string of the molecule is S=P(c1ccccc1)(c1ccccc1)c1ccc2cc(-c3ccc4c(c3)c3c5ccccc5ccc3c3nc5ccc(-c6cncc7ccccc67)cc5n43)ccc2c1. The second-order valence-electron chi connectivity index (χ2n) is 15.4. The van der Waals surface area contributed by atoms with Gasteiger partial charge in [0.2, 0.25) is 0 Å². The first-order valence-corrected chi connectivity index (χ1v) is 22.7. The molecule has 12 rings (SSSR count). The molecule has 0 atom stereocenters. The molecule has 3 nitrogen and oxygen atoms in total. The standard InChI is InChI=1S/C54H34N3PS/c59-58(42-13-3-1-4-14-42,43-15-5-2-6-16-43)44-25-21-37-29-36(19-20-38(37)30-44)39-24-28-51-48(31-39)53-46-18-10-7-11-35(46)22-26-47(53)54-56-50-27-23-40(32-52(50)57(51)54)49-34-55-33-41-12-8-9-17-45(41)49/h1-34H. The monoisotopic (exact) mass is 787 g/mol. The number of hydrogen-bond donors (Lipinski definition) is 0. The summed E-state index contributed by atoms with van der Waals surface area (Å²) in [4.78, 5) is 9.93. The first-order chi connectivity index (χ1) is 29.1. The molecule has 276 valence electrons. The Morgan fingerprint density at radius 2 is 1.05 bits per heavy atom. The molecule has 0 spiro atoms. The van der Waals surface area contributed by atoms with Crippen LogP contribution in [0.25, 0.3) is 92.9 Å². The van der Waals surface area contributed by atoms with Crippen molar-refractivity contribution in [1.29, 1.82) is 0 Å². The fourth-order valence-corrected chi connectivity index (χ4v) is 13.0. The van der Waals surface area contributed by atoms with Crippen LogP contribution in [0.15, 0.2) is 207 Å². The number of pyridine rings is 2. The molecule has 3 aromatic heterocycles. The maximum absolute atomic E-state index is 6.69. The van der Waals surface area contributed by atoms with E-state index in [1.165, 1.54) is 64.7 Å². The zero-order valence-electron chi connectivity index (χ0n) is 31.8. The van der Waals surface area contributed by atoms with Gasteiger partial charge >= 0.3 is 0 Å². The van der Waals surface area contributed by atoms with Crippen molar-refractivity contribution in [2.75, 3.05) is 0 Å². The molecule has 0 fully saturated rings. The van der Waals surface area contributed by atoms with Gasteiger partial charge < -0.3 is 0 Å². The van der Waals surface area contributed by atoms with Gasteiger partial charge in [0.25, 0.3) is 0 Å². The van der Waals surface area contributed by atoms with Crippen LogP contribution in [0.5, 0.6) is 0 Å².